The van der Waals surface area contributed by atoms with Gasteiger partial charge in [0.15, 0.2) is 0 Å². The third kappa shape index (κ3) is 3.13. The minimum atomic E-state index is -0.776. The number of hydrogen-bond acceptors (Lipinski definition) is 8. The Bertz CT molecular complexity index is 1210. The number of hydrogen-bond donors (Lipinski definition) is 0. The van der Waals surface area contributed by atoms with Crippen molar-refractivity contribution in [2.45, 2.75) is 22.1 Å². The van der Waals surface area contributed by atoms with E-state index in [0.717, 1.165) is 0 Å². The molecule has 9 nitrogen and oxygen atoms in total. The number of Topliss-reactive ketones (excluding diaryl/α,β-unsaturated/α-hetero) is 1. The van der Waals surface area contributed by atoms with Crippen LogP contribution in [0.4, 0.5) is 5.69 Å². The molecule has 0 saturated carbocycles. The average Bonchev–Trinajstić information content (AvgIpc) is 2.76. The van der Waals surface area contributed by atoms with Gasteiger partial charge in [-0.3, -0.25) is 0 Å². The summed E-state index contributed by atoms with van der Waals surface area (Å²) in [6, 6.07) is 4.64. The molecule has 2 aromatic carbocycles. The van der Waals surface area contributed by atoms with E-state index < -0.39 is 25.9 Å². The summed E-state index contributed by atoms with van der Waals surface area (Å²) in [6.45, 7) is 2.03. The van der Waals surface area contributed by atoms with E-state index in [2.05, 4.69) is 0 Å². The van der Waals surface area contributed by atoms with Crippen molar-refractivity contribution < 1.29 is 33.4 Å². The van der Waals surface area contributed by atoms with Crippen LogP contribution in [0.25, 0.3) is 6.08 Å². The topological polar surface area (TPSA) is 106 Å². The summed E-state index contributed by atoms with van der Waals surface area (Å²) in [5, 5.41) is 11.9. The molecule has 0 radical (unpaired) electrons. The molecule has 1 unspecified atom stereocenters. The number of nitro groups is 1. The van der Waals surface area contributed by atoms with E-state index in [0.29, 0.717) is 59.9 Å². The Morgan fingerprint density at radius 2 is 1.91 bits per heavy atom. The van der Waals surface area contributed by atoms with E-state index in [4.69, 9.17) is 23.7 Å². The quantitative estimate of drug-likeness (QED) is 0.290. The van der Waals surface area contributed by atoms with Gasteiger partial charge in [0.1, 0.15) is 0 Å². The molecule has 0 fully saturated rings. The van der Waals surface area contributed by atoms with Crippen molar-refractivity contribution in [3.63, 3.8) is 0 Å². The van der Waals surface area contributed by atoms with E-state index in [1.54, 1.807) is 12.1 Å². The van der Waals surface area contributed by atoms with Crippen LogP contribution in [0.3, 0.4) is 0 Å². The van der Waals surface area contributed by atoms with Crippen molar-refractivity contribution in [1.29, 1.82) is 0 Å². The molecule has 3 heterocycles. The summed E-state index contributed by atoms with van der Waals surface area (Å²) in [6.07, 6.45) is 3.07. The maximum atomic E-state index is 13.7. The monoisotopic (exact) mass is 629 g/mol. The van der Waals surface area contributed by atoms with E-state index in [1.165, 1.54) is 20.3 Å². The first-order valence-corrected chi connectivity index (χ1v) is 12.1. The maximum absolute atomic E-state index is 13.7. The fourth-order valence-electron chi connectivity index (χ4n) is 4.34. The third-order valence-electron chi connectivity index (χ3n) is 5.79. The Morgan fingerprint density at radius 3 is 2.59 bits per heavy atom. The zero-order chi connectivity index (χ0) is 22.8. The number of rotatable bonds is 3. The molecule has 3 atom stereocenters. The van der Waals surface area contributed by atoms with E-state index in [9.17, 15) is 14.9 Å². The van der Waals surface area contributed by atoms with Crippen LogP contribution >= 0.6 is 0 Å². The van der Waals surface area contributed by atoms with Crippen LogP contribution in [0.5, 0.6) is 28.7 Å². The van der Waals surface area contributed by atoms with Gasteiger partial charge in [0.05, 0.1) is 14.2 Å². The number of ketones is 1. The van der Waals surface area contributed by atoms with Crippen LogP contribution < -0.4 is 23.7 Å². The SMILES string of the molecule is COc1cc2c(cc1OC)[C@@H]1C(=O)c3c([N+](=O)[O-])cc4c(c3O[C@@H]1CO2)C=C[C](C)([Tl])O4. The Balaban J connectivity index is 1.70. The van der Waals surface area contributed by atoms with Crippen molar-refractivity contribution in [3.05, 3.63) is 51.1 Å². The molecule has 0 amide bonds. The second-order valence-electron chi connectivity index (χ2n) is 7.94. The predicted octanol–water partition coefficient (Wildman–Crippen LogP) is 3.02. The third-order valence-corrected chi connectivity index (χ3v) is 7.00. The van der Waals surface area contributed by atoms with E-state index >= 15 is 0 Å². The first-order valence-electron chi connectivity index (χ1n) is 9.86. The fraction of sp³-hybridized carbons (Fsp3) is 0.318. The molecule has 0 saturated heterocycles. The summed E-state index contributed by atoms with van der Waals surface area (Å²) in [7, 11) is 3.00. The molecule has 10 heteroatoms. The van der Waals surface area contributed by atoms with Crippen LogP contribution in [0.1, 0.15) is 34.3 Å². The van der Waals surface area contributed by atoms with Crippen molar-refractivity contribution in [3.8, 4) is 28.7 Å². The predicted molar refractivity (Wildman–Crippen MR) is 113 cm³/mol. The zero-order valence-electron chi connectivity index (χ0n) is 17.5. The van der Waals surface area contributed by atoms with Gasteiger partial charge in [-0.05, 0) is 0 Å². The number of methoxy groups -OCH3 is 2. The summed E-state index contributed by atoms with van der Waals surface area (Å²) >= 11 is 0.453. The molecule has 162 valence electrons. The molecular formula is C22H18NO8Tl. The molecule has 0 aliphatic carbocycles. The van der Waals surface area contributed by atoms with Crippen LogP contribution in [0.15, 0.2) is 24.3 Å². The summed E-state index contributed by atoms with van der Waals surface area (Å²) < 4.78 is 28.3. The second-order valence-corrected chi connectivity index (χ2v) is 12.4. The molecular weight excluding hydrogens is 611 g/mol. The van der Waals surface area contributed by atoms with Gasteiger partial charge in [-0.2, -0.15) is 0 Å². The van der Waals surface area contributed by atoms with Gasteiger partial charge in [-0.1, -0.05) is 0 Å². The molecule has 0 aromatic heterocycles. The number of benzene rings is 2. The minimum absolute atomic E-state index is 0.0507. The summed E-state index contributed by atoms with van der Waals surface area (Å²) in [4.78, 5) is 25.1. The van der Waals surface area contributed by atoms with E-state index in [1.807, 2.05) is 19.1 Å². The number of carbonyl (C=O) groups excluding carboxylic acids is 1. The van der Waals surface area contributed by atoms with Gasteiger partial charge in [0.25, 0.3) is 0 Å². The molecule has 0 N–H and O–H groups in total. The first-order chi connectivity index (χ1) is 15.2. The van der Waals surface area contributed by atoms with Crippen LogP contribution in [0, 0.1) is 10.1 Å². The molecule has 2 aromatic rings. The zero-order valence-corrected chi connectivity index (χ0v) is 22.0. The number of nitrogens with zero attached hydrogens (tertiary/aromatic N) is 1. The number of carbonyl (C=O) groups is 1. The van der Waals surface area contributed by atoms with Crippen molar-refractivity contribution in [2.24, 2.45) is 0 Å². The van der Waals surface area contributed by atoms with Crippen molar-refractivity contribution in [1.82, 2.24) is 0 Å². The van der Waals surface area contributed by atoms with Gasteiger partial charge < -0.3 is 4.74 Å². The van der Waals surface area contributed by atoms with Crippen molar-refractivity contribution in [2.75, 3.05) is 20.8 Å². The Labute approximate surface area is 199 Å². The standard InChI is InChI=1S/C22H18NO8.Tl/c1-10-4-5-11-15(30-10)7-13(23(25)26)20-21(24)19-12-6-16(27-2)17(28-3)8-14(12)29-9-18(19)31-22(11)20;/h4-8,18-19H,9H2,1-3H3;/t18-,19+;/m1./s1. The Kier molecular flexibility index (Phi) is 4.84. The number of nitro benzene ring substituents is 1. The molecule has 0 bridgehead atoms. The van der Waals surface area contributed by atoms with Crippen LogP contribution in [-0.2, 0) is 0 Å². The molecule has 3 aliphatic rings. The van der Waals surface area contributed by atoms with Gasteiger partial charge in [0, 0.05) is 0 Å². The van der Waals surface area contributed by atoms with Crippen LogP contribution in [-0.4, -0.2) is 66.6 Å². The fourth-order valence-corrected chi connectivity index (χ4v) is 5.20. The van der Waals surface area contributed by atoms with Gasteiger partial charge >= 0.3 is 181 Å². The summed E-state index contributed by atoms with van der Waals surface area (Å²) in [5.74, 6) is 0.697. The molecule has 5 rings (SSSR count). The van der Waals surface area contributed by atoms with Crippen molar-refractivity contribution >= 4 is 43.3 Å². The average molecular weight is 629 g/mol. The van der Waals surface area contributed by atoms with E-state index in [-0.39, 0.29) is 23.6 Å². The molecule has 3 aliphatic heterocycles. The van der Waals surface area contributed by atoms with Gasteiger partial charge in [-0.25, -0.2) is 0 Å². The normalized spacial score (nSPS) is 24.5. The molecule has 32 heavy (non-hydrogen) atoms. The van der Waals surface area contributed by atoms with Gasteiger partial charge in [-0.15, -0.1) is 0 Å². The Hall–Kier alpha value is -2.83. The number of ether oxygens (including phenoxy) is 5. The van der Waals surface area contributed by atoms with Crippen LogP contribution in [0.2, 0.25) is 0 Å². The van der Waals surface area contributed by atoms with Gasteiger partial charge in [0.2, 0.25) is 0 Å². The number of fused-ring (bicyclic) bond motifs is 6. The Morgan fingerprint density at radius 1 is 1.19 bits per heavy atom. The second kappa shape index (κ2) is 7.36. The first kappa shape index (κ1) is 21.0. The summed E-state index contributed by atoms with van der Waals surface area (Å²) in [5.41, 5.74) is 0.701. The molecule has 0 spiro atoms.